The zero-order chi connectivity index (χ0) is 6.32. The van der Waals surface area contributed by atoms with E-state index in [1.807, 2.05) is 6.08 Å². The molecule has 0 amide bonds. The van der Waals surface area contributed by atoms with Crippen LogP contribution in [-0.2, 0) is 9.53 Å². The molecule has 2 aliphatic rings. The molecule has 1 fully saturated rings. The van der Waals surface area contributed by atoms with Gasteiger partial charge in [-0.3, -0.25) is 4.79 Å². The first-order chi connectivity index (χ1) is 4.31. The molecule has 1 aliphatic carbocycles. The van der Waals surface area contributed by atoms with Gasteiger partial charge in [-0.05, 0) is 12.2 Å². The van der Waals surface area contributed by atoms with E-state index in [0.29, 0.717) is 6.42 Å². The molecular weight excluding hydrogens is 116 g/mol. The lowest BCUT2D eigenvalue weighted by Gasteiger charge is -2.36. The molecule has 1 atom stereocenters. The van der Waals surface area contributed by atoms with E-state index in [-0.39, 0.29) is 11.4 Å². The fourth-order valence-electron chi connectivity index (χ4n) is 1.29. The van der Waals surface area contributed by atoms with E-state index < -0.39 is 0 Å². The van der Waals surface area contributed by atoms with Gasteiger partial charge in [0, 0.05) is 12.8 Å². The van der Waals surface area contributed by atoms with Gasteiger partial charge in [-0.1, -0.05) is 0 Å². The van der Waals surface area contributed by atoms with Crippen LogP contribution in [0.4, 0.5) is 0 Å². The fourth-order valence-corrected chi connectivity index (χ4v) is 1.29. The Kier molecular flexibility index (Phi) is 0.833. The topological polar surface area (TPSA) is 26.3 Å². The van der Waals surface area contributed by atoms with Crippen LogP contribution in [0, 0.1) is 0 Å². The number of hydrogen-bond donors (Lipinski definition) is 0. The average molecular weight is 124 g/mol. The molecule has 1 heterocycles. The minimum atomic E-state index is -0.142. The third-order valence-electron chi connectivity index (χ3n) is 1.96. The number of rotatable bonds is 0. The molecule has 1 aliphatic heterocycles. The maximum Gasteiger partial charge on any atom is 0.158 e. The van der Waals surface area contributed by atoms with Gasteiger partial charge in [0.25, 0.3) is 0 Å². The summed E-state index contributed by atoms with van der Waals surface area (Å²) in [7, 11) is 0. The Labute approximate surface area is 53.5 Å². The van der Waals surface area contributed by atoms with Crippen molar-refractivity contribution in [3.8, 4) is 0 Å². The van der Waals surface area contributed by atoms with E-state index in [9.17, 15) is 4.79 Å². The highest BCUT2D eigenvalue weighted by atomic mass is 16.5. The molecule has 48 valence electrons. The highest BCUT2D eigenvalue weighted by Gasteiger charge is 2.40. The summed E-state index contributed by atoms with van der Waals surface area (Å²) >= 11 is 0. The normalized spacial score (nSPS) is 39.8. The number of carbonyl (C=O) groups is 1. The van der Waals surface area contributed by atoms with Gasteiger partial charge in [0.15, 0.2) is 5.78 Å². The largest absolute Gasteiger partial charge is 0.370 e. The van der Waals surface area contributed by atoms with E-state index in [1.165, 1.54) is 0 Å². The van der Waals surface area contributed by atoms with Gasteiger partial charge in [0.2, 0.25) is 0 Å². The van der Waals surface area contributed by atoms with E-state index in [0.717, 1.165) is 13.0 Å². The second kappa shape index (κ2) is 1.45. The molecule has 1 saturated heterocycles. The summed E-state index contributed by atoms with van der Waals surface area (Å²) in [5, 5.41) is 0. The van der Waals surface area contributed by atoms with Crippen molar-refractivity contribution in [1.82, 2.24) is 0 Å². The molecule has 1 spiro atoms. The van der Waals surface area contributed by atoms with Crippen molar-refractivity contribution in [2.24, 2.45) is 0 Å². The number of allylic oxidation sites excluding steroid dienone is 1. The Hall–Kier alpha value is -0.630. The third-order valence-corrected chi connectivity index (χ3v) is 1.96. The minimum absolute atomic E-state index is 0.142. The van der Waals surface area contributed by atoms with E-state index in [1.54, 1.807) is 6.08 Å². The maximum atomic E-state index is 10.7. The quantitative estimate of drug-likeness (QED) is 0.474. The van der Waals surface area contributed by atoms with Gasteiger partial charge in [0.1, 0.15) is 0 Å². The lowest BCUT2D eigenvalue weighted by molar-refractivity contribution is -0.132. The van der Waals surface area contributed by atoms with Crippen LogP contribution < -0.4 is 0 Å². The second-order valence-electron chi connectivity index (χ2n) is 2.64. The second-order valence-corrected chi connectivity index (χ2v) is 2.64. The molecule has 0 aromatic heterocycles. The Morgan fingerprint density at radius 3 is 2.67 bits per heavy atom. The van der Waals surface area contributed by atoms with Crippen molar-refractivity contribution >= 4 is 5.78 Å². The van der Waals surface area contributed by atoms with Gasteiger partial charge >= 0.3 is 0 Å². The molecule has 2 heteroatoms. The summed E-state index contributed by atoms with van der Waals surface area (Å²) in [5.41, 5.74) is -0.142. The molecule has 0 N–H and O–H groups in total. The first-order valence-electron chi connectivity index (χ1n) is 3.17. The maximum absolute atomic E-state index is 10.7. The van der Waals surface area contributed by atoms with Crippen molar-refractivity contribution in [2.75, 3.05) is 6.61 Å². The van der Waals surface area contributed by atoms with Crippen LogP contribution in [0.1, 0.15) is 12.8 Å². The van der Waals surface area contributed by atoms with Crippen molar-refractivity contribution in [3.05, 3.63) is 12.2 Å². The lowest BCUT2D eigenvalue weighted by atomic mass is 9.94. The Balaban J connectivity index is 2.17. The number of carbonyl (C=O) groups excluding carboxylic acids is 1. The van der Waals surface area contributed by atoms with Crippen LogP contribution in [0.2, 0.25) is 0 Å². The predicted molar refractivity (Wildman–Crippen MR) is 32.1 cm³/mol. The van der Waals surface area contributed by atoms with Gasteiger partial charge in [-0.25, -0.2) is 0 Å². The van der Waals surface area contributed by atoms with Crippen LogP contribution >= 0.6 is 0 Å². The molecule has 0 aromatic carbocycles. The van der Waals surface area contributed by atoms with Crippen molar-refractivity contribution in [3.63, 3.8) is 0 Å². The molecule has 1 unspecified atom stereocenters. The minimum Gasteiger partial charge on any atom is -0.370 e. The molecule has 0 saturated carbocycles. The van der Waals surface area contributed by atoms with E-state index in [4.69, 9.17) is 4.74 Å². The molecule has 9 heavy (non-hydrogen) atoms. The van der Waals surface area contributed by atoms with Gasteiger partial charge in [-0.15, -0.1) is 0 Å². The van der Waals surface area contributed by atoms with E-state index in [2.05, 4.69) is 0 Å². The highest BCUT2D eigenvalue weighted by Crippen LogP contribution is 2.35. The first kappa shape index (κ1) is 5.18. The fraction of sp³-hybridized carbons (Fsp3) is 0.571. The molecule has 0 bridgehead atoms. The van der Waals surface area contributed by atoms with Crippen LogP contribution in [0.15, 0.2) is 12.2 Å². The SMILES string of the molecule is O=C1C=CC2(CCO2)C1. The highest BCUT2D eigenvalue weighted by molar-refractivity contribution is 5.93. The first-order valence-corrected chi connectivity index (χ1v) is 3.17. The van der Waals surface area contributed by atoms with Gasteiger partial charge in [-0.2, -0.15) is 0 Å². The number of hydrogen-bond acceptors (Lipinski definition) is 2. The lowest BCUT2D eigenvalue weighted by Crippen LogP contribution is -2.40. The molecule has 0 radical (unpaired) electrons. The molecule has 2 rings (SSSR count). The zero-order valence-electron chi connectivity index (χ0n) is 5.09. The summed E-state index contributed by atoms with van der Waals surface area (Å²) in [6, 6.07) is 0. The van der Waals surface area contributed by atoms with Crippen LogP contribution in [0.5, 0.6) is 0 Å². The standard InChI is InChI=1S/C7H8O2/c8-6-1-2-7(5-6)3-4-9-7/h1-2H,3-5H2. The van der Waals surface area contributed by atoms with Crippen molar-refractivity contribution in [2.45, 2.75) is 18.4 Å². The van der Waals surface area contributed by atoms with Gasteiger partial charge in [0.05, 0.1) is 12.2 Å². The Morgan fingerprint density at radius 2 is 2.44 bits per heavy atom. The predicted octanol–water partition coefficient (Wildman–Crippen LogP) is 0.674. The molecule has 2 nitrogen and oxygen atoms in total. The van der Waals surface area contributed by atoms with Crippen molar-refractivity contribution < 1.29 is 9.53 Å². The average Bonchev–Trinajstić information content (AvgIpc) is 2.09. The number of ether oxygens (including phenoxy) is 1. The molecule has 0 aromatic rings. The Morgan fingerprint density at radius 1 is 1.67 bits per heavy atom. The van der Waals surface area contributed by atoms with E-state index >= 15 is 0 Å². The third kappa shape index (κ3) is 0.630. The Bertz CT molecular complexity index is 177. The van der Waals surface area contributed by atoms with Crippen LogP contribution in [0.3, 0.4) is 0 Å². The summed E-state index contributed by atoms with van der Waals surface area (Å²) in [6.07, 6.45) is 5.11. The molecular formula is C7H8O2. The number of ketones is 1. The zero-order valence-corrected chi connectivity index (χ0v) is 5.09. The summed E-state index contributed by atoms with van der Waals surface area (Å²) in [5.74, 6) is 0.203. The monoisotopic (exact) mass is 124 g/mol. The van der Waals surface area contributed by atoms with Gasteiger partial charge < -0.3 is 4.74 Å². The van der Waals surface area contributed by atoms with Crippen LogP contribution in [0.25, 0.3) is 0 Å². The van der Waals surface area contributed by atoms with Crippen LogP contribution in [-0.4, -0.2) is 18.0 Å². The van der Waals surface area contributed by atoms with Crippen molar-refractivity contribution in [1.29, 1.82) is 0 Å². The smallest absolute Gasteiger partial charge is 0.158 e. The summed E-state index contributed by atoms with van der Waals surface area (Å²) in [6.45, 7) is 0.817. The summed E-state index contributed by atoms with van der Waals surface area (Å²) in [4.78, 5) is 10.7. The summed E-state index contributed by atoms with van der Waals surface area (Å²) < 4.78 is 5.24.